The Morgan fingerprint density at radius 2 is 1.76 bits per heavy atom. The van der Waals surface area contributed by atoms with Crippen molar-refractivity contribution in [2.45, 2.75) is 6.18 Å². The van der Waals surface area contributed by atoms with Crippen LogP contribution < -0.4 is 11.1 Å². The van der Waals surface area contributed by atoms with Gasteiger partial charge in [0.1, 0.15) is 9.71 Å². The molecular formula is C20H13F3N4OS. The minimum Gasteiger partial charge on any atom is -0.397 e. The van der Waals surface area contributed by atoms with E-state index in [2.05, 4.69) is 15.3 Å². The van der Waals surface area contributed by atoms with Crippen LogP contribution in [-0.2, 0) is 6.18 Å². The highest BCUT2D eigenvalue weighted by molar-refractivity contribution is 7.21. The maximum atomic E-state index is 13.2. The van der Waals surface area contributed by atoms with Crippen LogP contribution in [-0.4, -0.2) is 15.9 Å². The van der Waals surface area contributed by atoms with Gasteiger partial charge in [0, 0.05) is 23.3 Å². The smallest absolute Gasteiger partial charge is 0.397 e. The summed E-state index contributed by atoms with van der Waals surface area (Å²) in [5.74, 6) is -0.715. The van der Waals surface area contributed by atoms with Gasteiger partial charge in [-0.2, -0.15) is 13.2 Å². The molecule has 3 N–H and O–H groups in total. The molecule has 0 radical (unpaired) electrons. The van der Waals surface area contributed by atoms with E-state index in [1.165, 1.54) is 18.2 Å². The quantitative estimate of drug-likeness (QED) is 0.482. The molecule has 0 saturated heterocycles. The van der Waals surface area contributed by atoms with Gasteiger partial charge >= 0.3 is 6.18 Å². The summed E-state index contributed by atoms with van der Waals surface area (Å²) in [7, 11) is 0. The molecular weight excluding hydrogens is 401 g/mol. The first-order chi connectivity index (χ1) is 13.8. The van der Waals surface area contributed by atoms with Crippen molar-refractivity contribution in [3.05, 3.63) is 71.4 Å². The molecule has 0 spiro atoms. The highest BCUT2D eigenvalue weighted by Gasteiger charge is 2.34. The van der Waals surface area contributed by atoms with E-state index >= 15 is 0 Å². The second-order valence-corrected chi connectivity index (χ2v) is 7.13. The first-order valence-electron chi connectivity index (χ1n) is 8.41. The second-order valence-electron chi connectivity index (χ2n) is 6.13. The minimum absolute atomic E-state index is 0.108. The van der Waals surface area contributed by atoms with Gasteiger partial charge in [-0.1, -0.05) is 12.1 Å². The normalized spacial score (nSPS) is 11.6. The van der Waals surface area contributed by atoms with Gasteiger partial charge in [-0.25, -0.2) is 4.98 Å². The van der Waals surface area contributed by atoms with Crippen molar-refractivity contribution in [3.8, 4) is 11.3 Å². The van der Waals surface area contributed by atoms with Crippen LogP contribution in [0.5, 0.6) is 0 Å². The first-order valence-corrected chi connectivity index (χ1v) is 9.23. The number of anilines is 2. The topological polar surface area (TPSA) is 80.9 Å². The number of hydrogen-bond acceptors (Lipinski definition) is 5. The van der Waals surface area contributed by atoms with E-state index in [1.54, 1.807) is 36.7 Å². The fraction of sp³-hybridized carbons (Fsp3) is 0.0500. The van der Waals surface area contributed by atoms with Crippen LogP contribution in [0.3, 0.4) is 0 Å². The Hall–Kier alpha value is -3.46. The van der Waals surface area contributed by atoms with Crippen LogP contribution in [0.25, 0.3) is 21.5 Å². The number of alkyl halides is 3. The summed E-state index contributed by atoms with van der Waals surface area (Å²) in [4.78, 5) is 21.8. The molecule has 4 rings (SSSR count). The van der Waals surface area contributed by atoms with Crippen LogP contribution >= 0.6 is 11.3 Å². The predicted octanol–water partition coefficient (Wildman–Crippen LogP) is 5.21. The van der Waals surface area contributed by atoms with Gasteiger partial charge in [0.2, 0.25) is 0 Å². The molecule has 0 unspecified atom stereocenters. The van der Waals surface area contributed by atoms with E-state index in [9.17, 15) is 18.0 Å². The van der Waals surface area contributed by atoms with Crippen LogP contribution in [0.1, 0.15) is 15.2 Å². The number of carbonyl (C=O) groups excluding carboxylic acids is 1. The maximum absolute atomic E-state index is 13.2. The van der Waals surface area contributed by atoms with E-state index in [0.717, 1.165) is 23.0 Å². The van der Waals surface area contributed by atoms with Crippen LogP contribution in [0.4, 0.5) is 24.5 Å². The molecule has 5 nitrogen and oxygen atoms in total. The van der Waals surface area contributed by atoms with Crippen molar-refractivity contribution in [1.82, 2.24) is 9.97 Å². The van der Waals surface area contributed by atoms with Gasteiger partial charge in [0.15, 0.2) is 0 Å². The van der Waals surface area contributed by atoms with Crippen molar-refractivity contribution in [2.75, 3.05) is 11.1 Å². The number of para-hydroxylation sites is 1. The lowest BCUT2D eigenvalue weighted by Gasteiger charge is -2.13. The van der Waals surface area contributed by atoms with Gasteiger partial charge in [0.25, 0.3) is 5.91 Å². The number of benzene rings is 1. The summed E-state index contributed by atoms with van der Waals surface area (Å²) >= 11 is 1.03. The SMILES string of the molecule is Nc1c(C(=O)Nc2ccccc2C(F)(F)F)sc2nc(-c3ccncc3)ccc12. The third-order valence-corrected chi connectivity index (χ3v) is 5.37. The van der Waals surface area contributed by atoms with Crippen molar-refractivity contribution >= 4 is 38.8 Å². The number of aromatic nitrogens is 2. The third kappa shape index (κ3) is 3.64. The molecule has 0 bridgehead atoms. The van der Waals surface area contributed by atoms with E-state index in [0.29, 0.717) is 15.9 Å². The monoisotopic (exact) mass is 414 g/mol. The Morgan fingerprint density at radius 1 is 1.03 bits per heavy atom. The van der Waals surface area contributed by atoms with E-state index in [-0.39, 0.29) is 16.3 Å². The summed E-state index contributed by atoms with van der Waals surface area (Å²) in [6.45, 7) is 0. The summed E-state index contributed by atoms with van der Waals surface area (Å²) < 4.78 is 39.5. The molecule has 0 aliphatic heterocycles. The molecule has 0 atom stereocenters. The number of rotatable bonds is 3. The van der Waals surface area contributed by atoms with Gasteiger partial charge < -0.3 is 11.1 Å². The number of carbonyl (C=O) groups is 1. The van der Waals surface area contributed by atoms with Crippen molar-refractivity contribution in [3.63, 3.8) is 0 Å². The van der Waals surface area contributed by atoms with E-state index in [4.69, 9.17) is 5.73 Å². The van der Waals surface area contributed by atoms with Crippen molar-refractivity contribution in [2.24, 2.45) is 0 Å². The Morgan fingerprint density at radius 3 is 2.48 bits per heavy atom. The summed E-state index contributed by atoms with van der Waals surface area (Å²) in [5.41, 5.74) is 6.54. The van der Waals surface area contributed by atoms with Crippen LogP contribution in [0, 0.1) is 0 Å². The number of nitrogens with two attached hydrogens (primary N) is 1. The highest BCUT2D eigenvalue weighted by atomic mass is 32.1. The van der Waals surface area contributed by atoms with Crippen molar-refractivity contribution < 1.29 is 18.0 Å². The standard InChI is InChI=1S/C20H13F3N4OS/c21-20(22,23)13-3-1-2-4-15(13)26-18(28)17-16(24)12-5-6-14(27-19(12)29-17)11-7-9-25-10-8-11/h1-10H,24H2,(H,26,28). The number of pyridine rings is 2. The Labute approximate surface area is 167 Å². The molecule has 3 aromatic heterocycles. The molecule has 0 saturated carbocycles. The Kier molecular flexibility index (Phi) is 4.67. The lowest BCUT2D eigenvalue weighted by molar-refractivity contribution is -0.136. The molecule has 1 amide bonds. The molecule has 0 aliphatic carbocycles. The summed E-state index contributed by atoms with van der Waals surface area (Å²) in [6, 6.07) is 11.9. The van der Waals surface area contributed by atoms with Gasteiger partial charge in [0.05, 0.1) is 22.6 Å². The van der Waals surface area contributed by atoms with Gasteiger partial charge in [-0.3, -0.25) is 9.78 Å². The molecule has 1 aromatic carbocycles. The van der Waals surface area contributed by atoms with E-state index < -0.39 is 17.6 Å². The molecule has 0 aliphatic rings. The average Bonchev–Trinajstić information content (AvgIpc) is 3.04. The minimum atomic E-state index is -4.59. The predicted molar refractivity (Wildman–Crippen MR) is 107 cm³/mol. The summed E-state index contributed by atoms with van der Waals surface area (Å²) in [5, 5.41) is 2.89. The molecule has 0 fully saturated rings. The fourth-order valence-corrected chi connectivity index (χ4v) is 3.86. The number of nitrogen functional groups attached to an aromatic ring is 1. The lowest BCUT2D eigenvalue weighted by Crippen LogP contribution is -2.16. The number of nitrogens with zero attached hydrogens (tertiary/aromatic N) is 2. The highest BCUT2D eigenvalue weighted by Crippen LogP contribution is 2.37. The number of fused-ring (bicyclic) bond motifs is 1. The molecule has 146 valence electrons. The third-order valence-electron chi connectivity index (χ3n) is 4.26. The van der Waals surface area contributed by atoms with E-state index in [1.807, 2.05) is 0 Å². The van der Waals surface area contributed by atoms with Crippen LogP contribution in [0.15, 0.2) is 60.9 Å². The Bertz CT molecular complexity index is 1210. The zero-order chi connectivity index (χ0) is 20.6. The number of hydrogen-bond donors (Lipinski definition) is 2. The molecule has 4 aromatic rings. The van der Waals surface area contributed by atoms with Gasteiger partial charge in [-0.15, -0.1) is 11.3 Å². The Balaban J connectivity index is 1.70. The van der Waals surface area contributed by atoms with Crippen LogP contribution in [0.2, 0.25) is 0 Å². The average molecular weight is 414 g/mol. The number of thiophene rings is 1. The fourth-order valence-electron chi connectivity index (χ4n) is 2.87. The summed E-state index contributed by atoms with van der Waals surface area (Å²) in [6.07, 6.45) is -1.31. The number of nitrogens with one attached hydrogen (secondary N) is 1. The van der Waals surface area contributed by atoms with Crippen molar-refractivity contribution in [1.29, 1.82) is 0 Å². The lowest BCUT2D eigenvalue weighted by atomic mass is 10.1. The molecule has 29 heavy (non-hydrogen) atoms. The maximum Gasteiger partial charge on any atom is 0.418 e. The first kappa shape index (κ1) is 18.9. The molecule has 9 heteroatoms. The van der Waals surface area contributed by atoms with Gasteiger partial charge in [-0.05, 0) is 36.4 Å². The molecule has 3 heterocycles. The zero-order valence-electron chi connectivity index (χ0n) is 14.7. The number of amides is 1. The zero-order valence-corrected chi connectivity index (χ0v) is 15.5. The second kappa shape index (κ2) is 7.17. The number of halogens is 3. The largest absolute Gasteiger partial charge is 0.418 e.